The van der Waals surface area contributed by atoms with E-state index in [4.69, 9.17) is 5.11 Å². The molecule has 0 aromatic carbocycles. The normalized spacial score (nSPS) is 20.2. The molecule has 1 aliphatic heterocycles. The van der Waals surface area contributed by atoms with Gasteiger partial charge in [0.1, 0.15) is 12.2 Å². The molecule has 0 bridgehead atoms. The Morgan fingerprint density at radius 2 is 2.46 bits per heavy atom. The zero-order chi connectivity index (χ0) is 8.55. The van der Waals surface area contributed by atoms with Gasteiger partial charge in [0.15, 0.2) is 6.04 Å². The number of rotatable bonds is 1. The number of fused-ring (bicyclic) bond motifs is 1. The molecular formula is C7H10ClN3O2. The molecule has 0 aliphatic carbocycles. The lowest BCUT2D eigenvalue weighted by Gasteiger charge is -2.19. The van der Waals surface area contributed by atoms with Crippen LogP contribution in [0, 0.1) is 0 Å². The molecule has 72 valence electrons. The lowest BCUT2D eigenvalue weighted by atomic mass is 10.1. The molecule has 5 nitrogen and oxygen atoms in total. The van der Waals surface area contributed by atoms with E-state index in [1.165, 1.54) is 11.0 Å². The molecule has 1 aromatic rings. The Bertz CT molecular complexity index is 312. The average molecular weight is 204 g/mol. The predicted molar refractivity (Wildman–Crippen MR) is 46.9 cm³/mol. The second-order valence-electron chi connectivity index (χ2n) is 2.87. The summed E-state index contributed by atoms with van der Waals surface area (Å²) in [5.74, 6) is -0.0323. The first-order chi connectivity index (χ1) is 5.79. The Labute approximate surface area is 81.2 Å². The first-order valence-electron chi connectivity index (χ1n) is 3.90. The molecule has 13 heavy (non-hydrogen) atoms. The van der Waals surface area contributed by atoms with E-state index in [0.29, 0.717) is 6.42 Å². The Hall–Kier alpha value is -1.10. The first kappa shape index (κ1) is 9.98. The molecule has 1 aromatic heterocycles. The summed E-state index contributed by atoms with van der Waals surface area (Å²) in [6.07, 6.45) is 3.79. The van der Waals surface area contributed by atoms with Crippen molar-refractivity contribution < 1.29 is 9.90 Å². The summed E-state index contributed by atoms with van der Waals surface area (Å²) in [7, 11) is 0. The maximum absolute atomic E-state index is 10.7. The monoisotopic (exact) mass is 203 g/mol. The number of nitrogens with zero attached hydrogens (tertiary/aromatic N) is 3. The molecule has 0 spiro atoms. The van der Waals surface area contributed by atoms with Crippen molar-refractivity contribution in [3.63, 3.8) is 0 Å². The fourth-order valence-electron chi connectivity index (χ4n) is 1.52. The number of halogens is 1. The Balaban J connectivity index is 0.000000845. The van der Waals surface area contributed by atoms with Crippen molar-refractivity contribution in [3.05, 3.63) is 12.2 Å². The second kappa shape index (κ2) is 3.74. The van der Waals surface area contributed by atoms with Crippen LogP contribution in [0.3, 0.4) is 0 Å². The number of aromatic nitrogens is 3. The van der Waals surface area contributed by atoms with Gasteiger partial charge in [0.25, 0.3) is 0 Å². The van der Waals surface area contributed by atoms with E-state index in [1.54, 1.807) is 0 Å². The van der Waals surface area contributed by atoms with Gasteiger partial charge in [-0.05, 0) is 12.8 Å². The van der Waals surface area contributed by atoms with E-state index in [1.807, 2.05) is 0 Å². The number of carboxylic acids is 1. The van der Waals surface area contributed by atoms with Crippen LogP contribution in [0.1, 0.15) is 24.7 Å². The minimum atomic E-state index is -0.818. The third-order valence-corrected chi connectivity index (χ3v) is 2.11. The van der Waals surface area contributed by atoms with Gasteiger partial charge in [0, 0.05) is 6.42 Å². The highest BCUT2D eigenvalue weighted by Gasteiger charge is 2.26. The maximum atomic E-state index is 10.7. The summed E-state index contributed by atoms with van der Waals surface area (Å²) >= 11 is 0. The minimum Gasteiger partial charge on any atom is -0.480 e. The number of aryl methyl sites for hydroxylation is 1. The molecule has 0 saturated heterocycles. The van der Waals surface area contributed by atoms with Crippen LogP contribution in [-0.4, -0.2) is 25.8 Å². The number of carboxylic acid groups (broad SMARTS) is 1. The van der Waals surface area contributed by atoms with E-state index < -0.39 is 12.0 Å². The van der Waals surface area contributed by atoms with Gasteiger partial charge in [-0.1, -0.05) is 0 Å². The summed E-state index contributed by atoms with van der Waals surface area (Å²) in [6, 6.07) is -0.503. The molecule has 2 heterocycles. The van der Waals surface area contributed by atoms with Gasteiger partial charge in [0.05, 0.1) is 0 Å². The van der Waals surface area contributed by atoms with Crippen molar-refractivity contribution in [1.82, 2.24) is 14.8 Å². The Morgan fingerprint density at radius 3 is 3.15 bits per heavy atom. The van der Waals surface area contributed by atoms with Crippen LogP contribution in [0.25, 0.3) is 0 Å². The summed E-state index contributed by atoms with van der Waals surface area (Å²) < 4.78 is 1.51. The second-order valence-corrected chi connectivity index (χ2v) is 2.87. The van der Waals surface area contributed by atoms with E-state index in [0.717, 1.165) is 18.7 Å². The number of hydrogen-bond donors (Lipinski definition) is 1. The molecule has 0 amide bonds. The predicted octanol–water partition coefficient (Wildman–Crippen LogP) is 0.662. The fraction of sp³-hybridized carbons (Fsp3) is 0.571. The number of hydrogen-bond acceptors (Lipinski definition) is 3. The van der Waals surface area contributed by atoms with Crippen LogP contribution < -0.4 is 0 Å². The van der Waals surface area contributed by atoms with Gasteiger partial charge in [0.2, 0.25) is 0 Å². The van der Waals surface area contributed by atoms with Crippen molar-refractivity contribution >= 4 is 18.4 Å². The standard InChI is InChI=1S/C7H9N3O2.ClH/c11-7(12)5-2-1-3-6-8-4-9-10(5)6;/h4-5H,1-3H2,(H,11,12);1H. The van der Waals surface area contributed by atoms with Gasteiger partial charge in [-0.3, -0.25) is 0 Å². The highest BCUT2D eigenvalue weighted by molar-refractivity contribution is 5.85. The molecule has 1 N–H and O–H groups in total. The molecule has 1 aliphatic rings. The summed E-state index contributed by atoms with van der Waals surface area (Å²) in [5, 5.41) is 12.7. The SMILES string of the molecule is Cl.O=C(O)C1CCCc2ncnn21. The van der Waals surface area contributed by atoms with E-state index in [-0.39, 0.29) is 12.4 Å². The van der Waals surface area contributed by atoms with Gasteiger partial charge >= 0.3 is 5.97 Å². The van der Waals surface area contributed by atoms with Crippen LogP contribution in [0.15, 0.2) is 6.33 Å². The van der Waals surface area contributed by atoms with E-state index in [2.05, 4.69) is 10.1 Å². The lowest BCUT2D eigenvalue weighted by molar-refractivity contribution is -0.141. The Morgan fingerprint density at radius 1 is 1.69 bits per heavy atom. The molecule has 6 heteroatoms. The summed E-state index contributed by atoms with van der Waals surface area (Å²) in [4.78, 5) is 14.7. The first-order valence-corrected chi connectivity index (χ1v) is 3.90. The summed E-state index contributed by atoms with van der Waals surface area (Å²) in [5.41, 5.74) is 0. The fourth-order valence-corrected chi connectivity index (χ4v) is 1.52. The Kier molecular flexibility index (Phi) is 2.87. The van der Waals surface area contributed by atoms with Crippen LogP contribution in [0.4, 0.5) is 0 Å². The van der Waals surface area contributed by atoms with Crippen molar-refractivity contribution in [3.8, 4) is 0 Å². The average Bonchev–Trinajstić information content (AvgIpc) is 2.49. The molecular weight excluding hydrogens is 194 g/mol. The lowest BCUT2D eigenvalue weighted by Crippen LogP contribution is -2.25. The zero-order valence-corrected chi connectivity index (χ0v) is 7.70. The van der Waals surface area contributed by atoms with E-state index in [9.17, 15) is 4.79 Å². The van der Waals surface area contributed by atoms with Crippen LogP contribution in [0.2, 0.25) is 0 Å². The van der Waals surface area contributed by atoms with Gasteiger partial charge in [-0.2, -0.15) is 5.10 Å². The third-order valence-electron chi connectivity index (χ3n) is 2.11. The molecule has 1 atom stereocenters. The third kappa shape index (κ3) is 1.65. The van der Waals surface area contributed by atoms with Crippen LogP contribution in [-0.2, 0) is 11.2 Å². The van der Waals surface area contributed by atoms with Gasteiger partial charge in [-0.25, -0.2) is 14.5 Å². The smallest absolute Gasteiger partial charge is 0.328 e. The molecule has 1 unspecified atom stereocenters. The van der Waals surface area contributed by atoms with Crippen molar-refractivity contribution in [1.29, 1.82) is 0 Å². The van der Waals surface area contributed by atoms with Crippen molar-refractivity contribution in [2.24, 2.45) is 0 Å². The summed E-state index contributed by atoms with van der Waals surface area (Å²) in [6.45, 7) is 0. The molecule has 0 radical (unpaired) electrons. The van der Waals surface area contributed by atoms with Crippen LogP contribution in [0.5, 0.6) is 0 Å². The zero-order valence-electron chi connectivity index (χ0n) is 6.88. The maximum Gasteiger partial charge on any atom is 0.328 e. The number of carbonyl (C=O) groups is 1. The molecule has 0 saturated carbocycles. The number of aliphatic carboxylic acids is 1. The topological polar surface area (TPSA) is 68.0 Å². The highest BCUT2D eigenvalue weighted by Crippen LogP contribution is 2.21. The van der Waals surface area contributed by atoms with Crippen molar-refractivity contribution in [2.45, 2.75) is 25.3 Å². The van der Waals surface area contributed by atoms with E-state index >= 15 is 0 Å². The quantitative estimate of drug-likeness (QED) is 0.728. The van der Waals surface area contributed by atoms with Gasteiger partial charge in [-0.15, -0.1) is 12.4 Å². The van der Waals surface area contributed by atoms with Crippen molar-refractivity contribution in [2.75, 3.05) is 0 Å². The molecule has 0 fully saturated rings. The van der Waals surface area contributed by atoms with Crippen LogP contribution >= 0.6 is 12.4 Å². The van der Waals surface area contributed by atoms with Gasteiger partial charge < -0.3 is 5.11 Å². The minimum absolute atomic E-state index is 0. The molecule has 2 rings (SSSR count). The largest absolute Gasteiger partial charge is 0.480 e. The highest BCUT2D eigenvalue weighted by atomic mass is 35.5.